The highest BCUT2D eigenvalue weighted by atomic mass is 16.5. The van der Waals surface area contributed by atoms with Gasteiger partial charge in [0.25, 0.3) is 0 Å². The lowest BCUT2D eigenvalue weighted by molar-refractivity contribution is -0.159. The Balaban J connectivity index is 2.05. The average molecular weight is 140 g/mol. The molecule has 2 unspecified atom stereocenters. The molecule has 1 heterocycles. The Morgan fingerprint density at radius 1 is 1.40 bits per heavy atom. The summed E-state index contributed by atoms with van der Waals surface area (Å²) in [6, 6.07) is 0. The van der Waals surface area contributed by atoms with Gasteiger partial charge in [0.1, 0.15) is 6.10 Å². The maximum absolute atomic E-state index is 10.9. The van der Waals surface area contributed by atoms with Gasteiger partial charge in [0.05, 0.1) is 0 Å². The minimum atomic E-state index is 0.0287. The molecule has 0 aromatic carbocycles. The fourth-order valence-electron chi connectivity index (χ4n) is 2.00. The largest absolute Gasteiger partial charge is 0.462 e. The molecule has 0 amide bonds. The Morgan fingerprint density at radius 2 is 2.30 bits per heavy atom. The van der Waals surface area contributed by atoms with Crippen molar-refractivity contribution in [3.05, 3.63) is 0 Å². The van der Waals surface area contributed by atoms with E-state index in [-0.39, 0.29) is 12.1 Å². The summed E-state index contributed by atoms with van der Waals surface area (Å²) in [5, 5.41) is 0. The first kappa shape index (κ1) is 6.20. The van der Waals surface area contributed by atoms with E-state index in [9.17, 15) is 4.79 Å². The molecule has 2 atom stereocenters. The molecule has 0 N–H and O–H groups in total. The molecule has 2 rings (SSSR count). The molecule has 56 valence electrons. The second kappa shape index (κ2) is 2.26. The van der Waals surface area contributed by atoms with Gasteiger partial charge in [0.2, 0.25) is 0 Å². The first-order valence-corrected chi connectivity index (χ1v) is 4.04. The van der Waals surface area contributed by atoms with Crippen LogP contribution in [0.15, 0.2) is 0 Å². The summed E-state index contributed by atoms with van der Waals surface area (Å²) in [7, 11) is 0. The van der Waals surface area contributed by atoms with E-state index in [0.29, 0.717) is 12.3 Å². The van der Waals surface area contributed by atoms with Gasteiger partial charge in [-0.2, -0.15) is 0 Å². The highest BCUT2D eigenvalue weighted by Crippen LogP contribution is 2.32. The van der Waals surface area contributed by atoms with E-state index in [1.807, 2.05) is 0 Å². The summed E-state index contributed by atoms with van der Waals surface area (Å²) in [5.74, 6) is 0.681. The van der Waals surface area contributed by atoms with Crippen molar-refractivity contribution in [1.29, 1.82) is 0 Å². The van der Waals surface area contributed by atoms with Crippen molar-refractivity contribution in [3.8, 4) is 0 Å². The predicted molar refractivity (Wildman–Crippen MR) is 36.5 cm³/mol. The first-order valence-electron chi connectivity index (χ1n) is 4.04. The predicted octanol–water partition coefficient (Wildman–Crippen LogP) is 1.49. The lowest BCUT2D eigenvalue weighted by Gasteiger charge is -2.33. The quantitative estimate of drug-likeness (QED) is 0.476. The van der Waals surface area contributed by atoms with Crippen molar-refractivity contribution in [2.45, 2.75) is 38.2 Å². The van der Waals surface area contributed by atoms with Gasteiger partial charge in [0, 0.05) is 6.42 Å². The maximum atomic E-state index is 10.9. The minimum Gasteiger partial charge on any atom is -0.462 e. The van der Waals surface area contributed by atoms with E-state index in [1.54, 1.807) is 0 Å². The van der Waals surface area contributed by atoms with E-state index >= 15 is 0 Å². The molecule has 0 aromatic heterocycles. The molecular weight excluding hydrogens is 128 g/mol. The summed E-state index contributed by atoms with van der Waals surface area (Å²) in [6.07, 6.45) is 5.68. The van der Waals surface area contributed by atoms with Crippen LogP contribution in [0.2, 0.25) is 0 Å². The van der Waals surface area contributed by atoms with Gasteiger partial charge in [0.15, 0.2) is 0 Å². The number of carbonyl (C=O) groups excluding carboxylic acids is 1. The molecule has 1 aliphatic carbocycles. The fourth-order valence-corrected chi connectivity index (χ4v) is 2.00. The number of ether oxygens (including phenoxy) is 1. The smallest absolute Gasteiger partial charge is 0.306 e. The molecule has 2 nitrogen and oxygen atoms in total. The minimum absolute atomic E-state index is 0.0287. The zero-order chi connectivity index (χ0) is 6.97. The van der Waals surface area contributed by atoms with E-state index in [2.05, 4.69) is 0 Å². The molecule has 2 bridgehead atoms. The van der Waals surface area contributed by atoms with E-state index in [0.717, 1.165) is 12.8 Å². The van der Waals surface area contributed by atoms with E-state index in [4.69, 9.17) is 4.74 Å². The molecule has 0 spiro atoms. The Hall–Kier alpha value is -0.530. The SMILES string of the molecule is O=C1CC2CCCC(C2)O1. The summed E-state index contributed by atoms with van der Waals surface area (Å²) in [4.78, 5) is 10.9. The average Bonchev–Trinajstić information content (AvgIpc) is 1.85. The fraction of sp³-hybridized carbons (Fsp3) is 0.875. The Bertz CT molecular complexity index is 139. The van der Waals surface area contributed by atoms with Crippen LogP contribution in [0.3, 0.4) is 0 Å². The number of hydrogen-bond donors (Lipinski definition) is 0. The third-order valence-electron chi connectivity index (χ3n) is 2.49. The van der Waals surface area contributed by atoms with Gasteiger partial charge in [-0.3, -0.25) is 4.79 Å². The monoisotopic (exact) mass is 140 g/mol. The Morgan fingerprint density at radius 3 is 3.10 bits per heavy atom. The standard InChI is InChI=1S/C8H12O2/c9-8-5-6-2-1-3-7(4-6)10-8/h6-7H,1-5H2. The highest BCUT2D eigenvalue weighted by molar-refractivity contribution is 5.70. The molecule has 10 heavy (non-hydrogen) atoms. The van der Waals surface area contributed by atoms with Crippen LogP contribution in [-0.4, -0.2) is 12.1 Å². The van der Waals surface area contributed by atoms with Crippen molar-refractivity contribution < 1.29 is 9.53 Å². The molecular formula is C8H12O2. The van der Waals surface area contributed by atoms with Crippen LogP contribution in [0, 0.1) is 5.92 Å². The van der Waals surface area contributed by atoms with Gasteiger partial charge in [-0.25, -0.2) is 0 Å². The molecule has 1 saturated heterocycles. The number of rotatable bonds is 0. The summed E-state index contributed by atoms with van der Waals surface area (Å²) in [5.41, 5.74) is 0. The second-order valence-corrected chi connectivity index (χ2v) is 3.35. The lowest BCUT2D eigenvalue weighted by Crippen LogP contribution is -2.32. The third-order valence-corrected chi connectivity index (χ3v) is 2.49. The van der Waals surface area contributed by atoms with Crippen molar-refractivity contribution in [2.75, 3.05) is 0 Å². The van der Waals surface area contributed by atoms with Crippen molar-refractivity contribution in [2.24, 2.45) is 5.92 Å². The van der Waals surface area contributed by atoms with Crippen molar-refractivity contribution in [1.82, 2.24) is 0 Å². The number of fused-ring (bicyclic) bond motifs is 2. The lowest BCUT2D eigenvalue weighted by atomic mass is 9.83. The molecule has 2 heteroatoms. The second-order valence-electron chi connectivity index (χ2n) is 3.35. The van der Waals surface area contributed by atoms with Crippen LogP contribution in [-0.2, 0) is 9.53 Å². The molecule has 0 radical (unpaired) electrons. The molecule has 2 aliphatic rings. The van der Waals surface area contributed by atoms with Gasteiger partial charge in [-0.15, -0.1) is 0 Å². The van der Waals surface area contributed by atoms with Crippen LogP contribution < -0.4 is 0 Å². The van der Waals surface area contributed by atoms with Gasteiger partial charge in [-0.05, 0) is 31.6 Å². The zero-order valence-corrected chi connectivity index (χ0v) is 6.01. The summed E-state index contributed by atoms with van der Waals surface area (Å²) >= 11 is 0. The molecule has 1 saturated carbocycles. The van der Waals surface area contributed by atoms with Crippen molar-refractivity contribution in [3.63, 3.8) is 0 Å². The number of carbonyl (C=O) groups is 1. The van der Waals surface area contributed by atoms with E-state index in [1.165, 1.54) is 12.8 Å². The Kier molecular flexibility index (Phi) is 1.40. The van der Waals surface area contributed by atoms with E-state index < -0.39 is 0 Å². The van der Waals surface area contributed by atoms with Crippen molar-refractivity contribution >= 4 is 5.97 Å². The number of esters is 1. The first-order chi connectivity index (χ1) is 4.84. The molecule has 0 aromatic rings. The van der Waals surface area contributed by atoms with Crippen LogP contribution in [0.5, 0.6) is 0 Å². The normalized spacial score (nSPS) is 39.0. The summed E-state index contributed by atoms with van der Waals surface area (Å²) in [6.45, 7) is 0. The topological polar surface area (TPSA) is 26.3 Å². The summed E-state index contributed by atoms with van der Waals surface area (Å²) < 4.78 is 5.12. The molecule has 1 aliphatic heterocycles. The molecule has 2 fully saturated rings. The van der Waals surface area contributed by atoms with Gasteiger partial charge < -0.3 is 4.74 Å². The van der Waals surface area contributed by atoms with Crippen LogP contribution in [0.4, 0.5) is 0 Å². The number of hydrogen-bond acceptors (Lipinski definition) is 2. The van der Waals surface area contributed by atoms with Crippen LogP contribution in [0.1, 0.15) is 32.1 Å². The van der Waals surface area contributed by atoms with Crippen LogP contribution >= 0.6 is 0 Å². The maximum Gasteiger partial charge on any atom is 0.306 e. The third kappa shape index (κ3) is 1.02. The zero-order valence-electron chi connectivity index (χ0n) is 6.01. The highest BCUT2D eigenvalue weighted by Gasteiger charge is 2.31. The van der Waals surface area contributed by atoms with Gasteiger partial charge >= 0.3 is 5.97 Å². The van der Waals surface area contributed by atoms with Gasteiger partial charge in [-0.1, -0.05) is 0 Å². The Labute approximate surface area is 60.6 Å². The van der Waals surface area contributed by atoms with Crippen LogP contribution in [0.25, 0.3) is 0 Å².